The van der Waals surface area contributed by atoms with E-state index in [1.54, 1.807) is 0 Å². The Hall–Kier alpha value is -1.87. The number of aromatic amines is 1. The van der Waals surface area contributed by atoms with Crippen molar-refractivity contribution < 1.29 is 4.79 Å². The van der Waals surface area contributed by atoms with E-state index in [0.29, 0.717) is 29.3 Å². The van der Waals surface area contributed by atoms with E-state index in [0.717, 1.165) is 22.5 Å². The summed E-state index contributed by atoms with van der Waals surface area (Å²) in [6.45, 7) is 1.35. The molecule has 6 nitrogen and oxygen atoms in total. The van der Waals surface area contributed by atoms with E-state index in [9.17, 15) is 9.59 Å². The fraction of sp³-hybridized carbons (Fsp3) is 0.278. The molecule has 3 rings (SSSR count). The van der Waals surface area contributed by atoms with Gasteiger partial charge in [-0.05, 0) is 12.6 Å². The lowest BCUT2D eigenvalue weighted by molar-refractivity contribution is -0.118. The standard InChI is InChI=1S/C18H20N4O2S2.ClH/c1-19-7-8-20-15(23)11-25-10-14-21-17(24)16-13(9-26-18(16)22-14)12-5-3-2-4-6-12;/h2-6,9,19H,7-8,10-11H2,1H3,(H,20,23)(H,21,22,24);1H. The van der Waals surface area contributed by atoms with Crippen LogP contribution in [0.4, 0.5) is 0 Å². The van der Waals surface area contributed by atoms with Crippen LogP contribution in [0.2, 0.25) is 0 Å². The first-order valence-corrected chi connectivity index (χ1v) is 10.3. The van der Waals surface area contributed by atoms with Gasteiger partial charge in [0.05, 0.1) is 16.9 Å². The van der Waals surface area contributed by atoms with Crippen molar-refractivity contribution in [2.75, 3.05) is 25.9 Å². The van der Waals surface area contributed by atoms with E-state index in [-0.39, 0.29) is 23.9 Å². The van der Waals surface area contributed by atoms with Gasteiger partial charge in [0.25, 0.3) is 5.56 Å². The number of thioether (sulfide) groups is 1. The SMILES string of the molecule is CNCCNC(=O)CSCc1nc2scc(-c3ccccc3)c2c(=O)[nH]1.Cl. The summed E-state index contributed by atoms with van der Waals surface area (Å²) in [5, 5.41) is 8.38. The summed E-state index contributed by atoms with van der Waals surface area (Å²) < 4.78 is 0. The Balaban J connectivity index is 0.00000261. The topological polar surface area (TPSA) is 86.9 Å². The molecule has 0 saturated heterocycles. The van der Waals surface area contributed by atoms with Crippen LogP contribution in [0.1, 0.15) is 5.82 Å². The molecule has 1 amide bonds. The van der Waals surface area contributed by atoms with E-state index < -0.39 is 0 Å². The molecule has 0 spiro atoms. The molecule has 0 radical (unpaired) electrons. The fourth-order valence-corrected chi connectivity index (χ4v) is 4.20. The highest BCUT2D eigenvalue weighted by Gasteiger charge is 2.13. The second-order valence-corrected chi connectivity index (χ2v) is 7.50. The molecule has 2 heterocycles. The van der Waals surface area contributed by atoms with Gasteiger partial charge < -0.3 is 15.6 Å². The van der Waals surface area contributed by atoms with Crippen LogP contribution in [0.5, 0.6) is 0 Å². The minimum atomic E-state index is -0.135. The molecule has 0 saturated carbocycles. The van der Waals surface area contributed by atoms with Gasteiger partial charge in [-0.1, -0.05) is 30.3 Å². The number of nitrogens with one attached hydrogen (secondary N) is 3. The number of benzene rings is 1. The summed E-state index contributed by atoms with van der Waals surface area (Å²) >= 11 is 2.90. The Morgan fingerprint density at radius 3 is 2.78 bits per heavy atom. The Labute approximate surface area is 171 Å². The Bertz CT molecular complexity index is 943. The van der Waals surface area contributed by atoms with Gasteiger partial charge in [-0.2, -0.15) is 0 Å². The third-order valence-corrected chi connectivity index (χ3v) is 5.56. The zero-order valence-corrected chi connectivity index (χ0v) is 17.2. The number of hydrogen-bond acceptors (Lipinski definition) is 6. The van der Waals surface area contributed by atoms with Gasteiger partial charge in [-0.15, -0.1) is 35.5 Å². The number of hydrogen-bond donors (Lipinski definition) is 3. The van der Waals surface area contributed by atoms with Crippen LogP contribution in [0.3, 0.4) is 0 Å². The van der Waals surface area contributed by atoms with Crippen LogP contribution in [0, 0.1) is 0 Å². The first-order chi connectivity index (χ1) is 12.7. The molecule has 1 aromatic carbocycles. The fourth-order valence-electron chi connectivity index (χ4n) is 2.51. The molecular weight excluding hydrogens is 404 g/mol. The van der Waals surface area contributed by atoms with Crippen molar-refractivity contribution in [3.05, 3.63) is 51.9 Å². The molecule has 3 aromatic rings. The van der Waals surface area contributed by atoms with Gasteiger partial charge in [0.15, 0.2) is 0 Å². The Morgan fingerprint density at radius 2 is 2.04 bits per heavy atom. The van der Waals surface area contributed by atoms with Crippen molar-refractivity contribution >= 4 is 51.6 Å². The summed E-state index contributed by atoms with van der Waals surface area (Å²) in [6, 6.07) is 9.82. The summed E-state index contributed by atoms with van der Waals surface area (Å²) in [5.74, 6) is 1.40. The molecule has 0 aliphatic rings. The van der Waals surface area contributed by atoms with E-state index in [1.807, 2.05) is 42.8 Å². The van der Waals surface area contributed by atoms with Crippen LogP contribution in [0.15, 0.2) is 40.5 Å². The number of carbonyl (C=O) groups is 1. The lowest BCUT2D eigenvalue weighted by Crippen LogP contribution is -2.31. The lowest BCUT2D eigenvalue weighted by Gasteiger charge is -2.05. The quantitative estimate of drug-likeness (QED) is 0.484. The highest BCUT2D eigenvalue weighted by atomic mass is 35.5. The van der Waals surface area contributed by atoms with Crippen molar-refractivity contribution in [2.45, 2.75) is 5.75 Å². The van der Waals surface area contributed by atoms with Gasteiger partial charge >= 0.3 is 0 Å². The maximum Gasteiger partial charge on any atom is 0.260 e. The number of thiophene rings is 1. The molecule has 3 N–H and O–H groups in total. The maximum absolute atomic E-state index is 12.5. The van der Waals surface area contributed by atoms with Crippen molar-refractivity contribution in [3.8, 4) is 11.1 Å². The second-order valence-electron chi connectivity index (χ2n) is 5.65. The molecule has 2 aromatic heterocycles. The van der Waals surface area contributed by atoms with Crippen molar-refractivity contribution in [1.29, 1.82) is 0 Å². The number of fused-ring (bicyclic) bond motifs is 1. The predicted octanol–water partition coefficient (Wildman–Crippen LogP) is 2.64. The molecule has 0 aliphatic carbocycles. The van der Waals surface area contributed by atoms with E-state index >= 15 is 0 Å². The summed E-state index contributed by atoms with van der Waals surface area (Å²) in [7, 11) is 1.84. The highest BCUT2D eigenvalue weighted by molar-refractivity contribution is 7.99. The zero-order valence-electron chi connectivity index (χ0n) is 14.8. The van der Waals surface area contributed by atoms with Crippen LogP contribution in [-0.4, -0.2) is 41.8 Å². The number of aromatic nitrogens is 2. The number of nitrogens with zero attached hydrogens (tertiary/aromatic N) is 1. The average Bonchev–Trinajstić information content (AvgIpc) is 3.07. The highest BCUT2D eigenvalue weighted by Crippen LogP contribution is 2.30. The molecular formula is C18H21ClN4O2S2. The molecule has 0 aliphatic heterocycles. The third kappa shape index (κ3) is 5.55. The largest absolute Gasteiger partial charge is 0.354 e. The summed E-state index contributed by atoms with van der Waals surface area (Å²) in [4.78, 5) is 32.4. The van der Waals surface area contributed by atoms with Crippen LogP contribution in [-0.2, 0) is 10.5 Å². The van der Waals surface area contributed by atoms with Crippen LogP contribution >= 0.6 is 35.5 Å². The number of carbonyl (C=O) groups excluding carboxylic acids is 1. The predicted molar refractivity (Wildman–Crippen MR) is 116 cm³/mol. The smallest absolute Gasteiger partial charge is 0.260 e. The first-order valence-electron chi connectivity index (χ1n) is 8.24. The molecule has 144 valence electrons. The summed E-state index contributed by atoms with van der Waals surface area (Å²) in [5.41, 5.74) is 1.78. The molecule has 0 atom stereocenters. The number of H-pyrrole nitrogens is 1. The third-order valence-electron chi connectivity index (χ3n) is 3.75. The van der Waals surface area contributed by atoms with Gasteiger partial charge in [0.2, 0.25) is 5.91 Å². The molecule has 27 heavy (non-hydrogen) atoms. The molecule has 9 heteroatoms. The number of amides is 1. The summed E-state index contributed by atoms with van der Waals surface area (Å²) in [6.07, 6.45) is 0. The average molecular weight is 425 g/mol. The first kappa shape index (κ1) is 21.4. The minimum absolute atomic E-state index is 0. The monoisotopic (exact) mass is 424 g/mol. The number of likely N-dealkylation sites (N-methyl/N-ethyl adjacent to an activating group) is 1. The van der Waals surface area contributed by atoms with Crippen molar-refractivity contribution in [1.82, 2.24) is 20.6 Å². The lowest BCUT2D eigenvalue weighted by atomic mass is 10.1. The Kier molecular flexibility index (Phi) is 8.30. The van der Waals surface area contributed by atoms with E-state index in [2.05, 4.69) is 20.6 Å². The number of rotatable bonds is 8. The normalized spacial score (nSPS) is 10.6. The Morgan fingerprint density at radius 1 is 1.26 bits per heavy atom. The van der Waals surface area contributed by atoms with E-state index in [4.69, 9.17) is 0 Å². The van der Waals surface area contributed by atoms with Crippen molar-refractivity contribution in [2.24, 2.45) is 0 Å². The van der Waals surface area contributed by atoms with Crippen LogP contribution in [0.25, 0.3) is 21.3 Å². The van der Waals surface area contributed by atoms with Gasteiger partial charge in [0, 0.05) is 24.0 Å². The zero-order chi connectivity index (χ0) is 18.4. The van der Waals surface area contributed by atoms with Gasteiger partial charge in [0.1, 0.15) is 10.7 Å². The molecule has 0 fully saturated rings. The number of halogens is 1. The van der Waals surface area contributed by atoms with Crippen molar-refractivity contribution in [3.63, 3.8) is 0 Å². The second kappa shape index (κ2) is 10.5. The maximum atomic E-state index is 12.5. The van der Waals surface area contributed by atoms with Gasteiger partial charge in [-0.25, -0.2) is 4.98 Å². The van der Waals surface area contributed by atoms with Gasteiger partial charge in [-0.3, -0.25) is 9.59 Å². The van der Waals surface area contributed by atoms with Crippen LogP contribution < -0.4 is 16.2 Å². The minimum Gasteiger partial charge on any atom is -0.354 e. The molecule has 0 unspecified atom stereocenters. The molecule has 0 bridgehead atoms. The van der Waals surface area contributed by atoms with E-state index in [1.165, 1.54) is 23.1 Å².